The zero-order chi connectivity index (χ0) is 15.1. The van der Waals surface area contributed by atoms with Gasteiger partial charge in [-0.25, -0.2) is 0 Å². The van der Waals surface area contributed by atoms with E-state index in [4.69, 9.17) is 5.11 Å². The van der Waals surface area contributed by atoms with Crippen LogP contribution in [0.3, 0.4) is 0 Å². The van der Waals surface area contributed by atoms with Crippen molar-refractivity contribution in [1.82, 2.24) is 5.32 Å². The molecule has 0 aliphatic rings. The second-order valence-electron chi connectivity index (χ2n) is 4.49. The Hall–Kier alpha value is -2.37. The first-order chi connectivity index (χ1) is 9.40. The molecule has 6 heteroatoms. The topological polar surface area (TPSA) is 95.5 Å². The molecule has 1 rings (SSSR count). The van der Waals surface area contributed by atoms with Gasteiger partial charge in [-0.1, -0.05) is 18.2 Å². The largest absolute Gasteiger partial charge is 0.481 e. The number of anilines is 1. The van der Waals surface area contributed by atoms with Gasteiger partial charge < -0.3 is 15.7 Å². The highest BCUT2D eigenvalue weighted by Gasteiger charge is 2.09. The van der Waals surface area contributed by atoms with Crippen LogP contribution < -0.4 is 10.6 Å². The Bertz CT molecular complexity index is 506. The molecule has 0 atom stereocenters. The summed E-state index contributed by atoms with van der Waals surface area (Å²) in [6, 6.07) is 5.66. The second kappa shape index (κ2) is 7.28. The van der Waals surface area contributed by atoms with E-state index < -0.39 is 11.9 Å². The Kier molecular flexibility index (Phi) is 5.71. The molecule has 0 bridgehead atoms. The van der Waals surface area contributed by atoms with E-state index in [0.29, 0.717) is 0 Å². The molecular formula is C14H18N2O4. The van der Waals surface area contributed by atoms with Crippen molar-refractivity contribution in [2.75, 3.05) is 11.9 Å². The molecule has 0 aromatic heterocycles. The van der Waals surface area contributed by atoms with Gasteiger partial charge in [0.15, 0.2) is 0 Å². The molecule has 0 aliphatic heterocycles. The molecule has 0 heterocycles. The van der Waals surface area contributed by atoms with Gasteiger partial charge in [0, 0.05) is 12.1 Å². The molecule has 6 nitrogen and oxygen atoms in total. The van der Waals surface area contributed by atoms with Crippen molar-refractivity contribution in [3.05, 3.63) is 29.3 Å². The summed E-state index contributed by atoms with van der Waals surface area (Å²) in [6.07, 6.45) is -0.379. The van der Waals surface area contributed by atoms with E-state index in [-0.39, 0.29) is 25.3 Å². The van der Waals surface area contributed by atoms with Crippen molar-refractivity contribution in [3.8, 4) is 0 Å². The lowest BCUT2D eigenvalue weighted by Gasteiger charge is -2.11. The highest BCUT2D eigenvalue weighted by Crippen LogP contribution is 2.18. The number of carboxylic acid groups (broad SMARTS) is 1. The predicted molar refractivity (Wildman–Crippen MR) is 74.4 cm³/mol. The molecule has 1 aromatic carbocycles. The molecule has 108 valence electrons. The number of rotatable bonds is 6. The zero-order valence-electron chi connectivity index (χ0n) is 11.5. The number of carbonyl (C=O) groups excluding carboxylic acids is 2. The normalized spacial score (nSPS) is 9.90. The number of aryl methyl sites for hydroxylation is 2. The molecular weight excluding hydrogens is 260 g/mol. The number of aliphatic carboxylic acids is 1. The van der Waals surface area contributed by atoms with Gasteiger partial charge in [0.1, 0.15) is 0 Å². The van der Waals surface area contributed by atoms with Gasteiger partial charge in [0.2, 0.25) is 11.8 Å². The van der Waals surface area contributed by atoms with Crippen molar-refractivity contribution >= 4 is 23.5 Å². The molecule has 0 unspecified atom stereocenters. The number of hydrogen-bond donors (Lipinski definition) is 3. The number of carboxylic acids is 1. The Morgan fingerprint density at radius 1 is 1.05 bits per heavy atom. The van der Waals surface area contributed by atoms with Gasteiger partial charge in [-0.3, -0.25) is 14.4 Å². The maximum Gasteiger partial charge on any atom is 0.303 e. The number of nitrogens with one attached hydrogen (secondary N) is 2. The molecule has 0 aliphatic carbocycles. The zero-order valence-corrected chi connectivity index (χ0v) is 11.5. The van der Waals surface area contributed by atoms with Crippen LogP contribution in [0.5, 0.6) is 0 Å². The summed E-state index contributed by atoms with van der Waals surface area (Å²) in [4.78, 5) is 33.3. The van der Waals surface area contributed by atoms with Crippen LogP contribution in [0.1, 0.15) is 24.0 Å². The summed E-state index contributed by atoms with van der Waals surface area (Å²) in [5, 5.41) is 13.5. The quantitative estimate of drug-likeness (QED) is 0.729. The fraction of sp³-hybridized carbons (Fsp3) is 0.357. The first-order valence-corrected chi connectivity index (χ1v) is 6.24. The van der Waals surface area contributed by atoms with Gasteiger partial charge in [-0.2, -0.15) is 0 Å². The van der Waals surface area contributed by atoms with E-state index in [1.165, 1.54) is 0 Å². The first-order valence-electron chi connectivity index (χ1n) is 6.24. The molecule has 0 radical (unpaired) electrons. The van der Waals surface area contributed by atoms with Crippen molar-refractivity contribution < 1.29 is 19.5 Å². The van der Waals surface area contributed by atoms with E-state index in [1.54, 1.807) is 0 Å². The smallest absolute Gasteiger partial charge is 0.303 e. The van der Waals surface area contributed by atoms with Crippen molar-refractivity contribution in [3.63, 3.8) is 0 Å². The minimum absolute atomic E-state index is 0.133. The van der Waals surface area contributed by atoms with Crippen molar-refractivity contribution in [2.45, 2.75) is 26.7 Å². The van der Waals surface area contributed by atoms with Crippen LogP contribution in [0, 0.1) is 13.8 Å². The molecule has 2 amide bonds. The average molecular weight is 278 g/mol. The lowest BCUT2D eigenvalue weighted by atomic mass is 10.1. The van der Waals surface area contributed by atoms with Gasteiger partial charge in [-0.05, 0) is 25.0 Å². The maximum atomic E-state index is 11.7. The lowest BCUT2D eigenvalue weighted by molar-refractivity contribution is -0.138. The van der Waals surface area contributed by atoms with E-state index in [0.717, 1.165) is 16.8 Å². The summed E-state index contributed by atoms with van der Waals surface area (Å²) in [6.45, 7) is 3.59. The summed E-state index contributed by atoms with van der Waals surface area (Å²) in [5.41, 5.74) is 2.61. The average Bonchev–Trinajstić information content (AvgIpc) is 2.38. The molecule has 0 fully saturated rings. The summed E-state index contributed by atoms with van der Waals surface area (Å²) in [7, 11) is 0. The lowest BCUT2D eigenvalue weighted by Crippen LogP contribution is -2.33. The van der Waals surface area contributed by atoms with E-state index in [9.17, 15) is 14.4 Å². The molecule has 0 saturated carbocycles. The number of benzene rings is 1. The number of hydrogen-bond acceptors (Lipinski definition) is 3. The molecule has 0 spiro atoms. The van der Waals surface area contributed by atoms with Gasteiger partial charge >= 0.3 is 5.97 Å². The predicted octanol–water partition coefficient (Wildman–Crippen LogP) is 1.22. The Morgan fingerprint density at radius 3 is 2.20 bits per heavy atom. The van der Waals surface area contributed by atoms with Gasteiger partial charge in [0.25, 0.3) is 0 Å². The van der Waals surface area contributed by atoms with Crippen LogP contribution in [0.15, 0.2) is 18.2 Å². The van der Waals surface area contributed by atoms with Crippen LogP contribution >= 0.6 is 0 Å². The molecule has 20 heavy (non-hydrogen) atoms. The Labute approximate surface area is 117 Å². The number of carbonyl (C=O) groups is 3. The van der Waals surface area contributed by atoms with Gasteiger partial charge in [0.05, 0.1) is 13.0 Å². The fourth-order valence-corrected chi connectivity index (χ4v) is 1.68. The third-order valence-electron chi connectivity index (χ3n) is 2.76. The van der Waals surface area contributed by atoms with Crippen LogP contribution in [0.2, 0.25) is 0 Å². The minimum atomic E-state index is -1.04. The third-order valence-corrected chi connectivity index (χ3v) is 2.76. The van der Waals surface area contributed by atoms with E-state index >= 15 is 0 Å². The Morgan fingerprint density at radius 2 is 1.65 bits per heavy atom. The standard InChI is InChI=1S/C14H18N2O4/c1-9-4-3-5-10(2)14(9)16-12(18)8-15-11(17)6-7-13(19)20/h3-5H,6-8H2,1-2H3,(H,15,17)(H,16,18)(H,19,20). The highest BCUT2D eigenvalue weighted by atomic mass is 16.4. The summed E-state index contributed by atoms with van der Waals surface area (Å²) in [5.74, 6) is -1.84. The molecule has 3 N–H and O–H groups in total. The molecule has 1 aromatic rings. The van der Waals surface area contributed by atoms with E-state index in [1.807, 2.05) is 32.0 Å². The Balaban J connectivity index is 2.44. The minimum Gasteiger partial charge on any atom is -0.481 e. The summed E-state index contributed by atoms with van der Waals surface area (Å²) < 4.78 is 0. The maximum absolute atomic E-state index is 11.7. The van der Waals surface area contributed by atoms with Crippen LogP contribution in [0.25, 0.3) is 0 Å². The van der Waals surface area contributed by atoms with Crippen LogP contribution in [0.4, 0.5) is 5.69 Å². The highest BCUT2D eigenvalue weighted by molar-refractivity contribution is 5.95. The SMILES string of the molecule is Cc1cccc(C)c1NC(=O)CNC(=O)CCC(=O)O. The summed E-state index contributed by atoms with van der Waals surface area (Å²) >= 11 is 0. The first kappa shape index (κ1) is 15.7. The number of para-hydroxylation sites is 1. The van der Waals surface area contributed by atoms with E-state index in [2.05, 4.69) is 10.6 Å². The fourth-order valence-electron chi connectivity index (χ4n) is 1.68. The van der Waals surface area contributed by atoms with Crippen molar-refractivity contribution in [1.29, 1.82) is 0 Å². The molecule has 0 saturated heterocycles. The third kappa shape index (κ3) is 5.09. The van der Waals surface area contributed by atoms with Crippen LogP contribution in [-0.4, -0.2) is 29.4 Å². The van der Waals surface area contributed by atoms with Crippen molar-refractivity contribution in [2.24, 2.45) is 0 Å². The van der Waals surface area contributed by atoms with Crippen LogP contribution in [-0.2, 0) is 14.4 Å². The monoisotopic (exact) mass is 278 g/mol. The number of amides is 2. The van der Waals surface area contributed by atoms with Gasteiger partial charge in [-0.15, -0.1) is 0 Å². The second-order valence-corrected chi connectivity index (χ2v) is 4.49.